The number of aryl methyl sites for hydroxylation is 1. The summed E-state index contributed by atoms with van der Waals surface area (Å²) in [6, 6.07) is 11.3. The van der Waals surface area contributed by atoms with Crippen LogP contribution in [0.3, 0.4) is 0 Å². The molecule has 2 aromatic heterocycles. The van der Waals surface area contributed by atoms with Crippen LogP contribution in [-0.4, -0.2) is 25.8 Å². The first-order valence-corrected chi connectivity index (χ1v) is 8.79. The van der Waals surface area contributed by atoms with E-state index in [1.165, 1.54) is 23.1 Å². The number of thiazole rings is 1. The van der Waals surface area contributed by atoms with E-state index in [0.29, 0.717) is 16.0 Å². The molecule has 0 radical (unpaired) electrons. The predicted molar refractivity (Wildman–Crippen MR) is 96.7 cm³/mol. The van der Waals surface area contributed by atoms with Gasteiger partial charge in [0.1, 0.15) is 28.2 Å². The number of aliphatic hydroxyl groups excluding tert-OH is 1. The highest BCUT2D eigenvalue weighted by atomic mass is 32.2. The number of para-hydroxylation sites is 1. The minimum atomic E-state index is -0.0507. The zero-order chi connectivity index (χ0) is 17.1. The summed E-state index contributed by atoms with van der Waals surface area (Å²) in [7, 11) is 0. The van der Waals surface area contributed by atoms with Crippen molar-refractivity contribution in [2.75, 3.05) is 11.5 Å². The summed E-state index contributed by atoms with van der Waals surface area (Å²) in [5.74, 6) is 0.493. The Morgan fingerprint density at radius 1 is 1.33 bits per heavy atom. The highest BCUT2D eigenvalue weighted by Gasteiger charge is 2.14. The standard InChI is InChI=1S/C16H13N5OS2/c1-9-6-14(18)21-16(19-9)23-8-12(22)10(7-17)15-20-11-4-2-3-5-13(11)24-15/h2-6,22H,8H2,1H3,(H2,18,19,21). The van der Waals surface area contributed by atoms with Crippen molar-refractivity contribution in [1.29, 1.82) is 5.26 Å². The Balaban J connectivity index is 1.86. The molecule has 2 heterocycles. The van der Waals surface area contributed by atoms with Gasteiger partial charge in [-0.05, 0) is 19.1 Å². The van der Waals surface area contributed by atoms with Crippen LogP contribution in [0.15, 0.2) is 41.2 Å². The molecule has 3 rings (SSSR count). The van der Waals surface area contributed by atoms with E-state index in [2.05, 4.69) is 15.0 Å². The van der Waals surface area contributed by atoms with Gasteiger partial charge in [-0.2, -0.15) is 5.26 Å². The monoisotopic (exact) mass is 355 g/mol. The van der Waals surface area contributed by atoms with Gasteiger partial charge in [0.2, 0.25) is 0 Å². The van der Waals surface area contributed by atoms with Crippen molar-refractivity contribution in [3.05, 3.63) is 46.8 Å². The second-order valence-electron chi connectivity index (χ2n) is 4.93. The Bertz CT molecular complexity index is 921. The van der Waals surface area contributed by atoms with E-state index in [1.807, 2.05) is 37.3 Å². The fraction of sp³-hybridized carbons (Fsp3) is 0.125. The number of rotatable bonds is 4. The smallest absolute Gasteiger partial charge is 0.190 e. The van der Waals surface area contributed by atoms with Crippen LogP contribution in [0.5, 0.6) is 0 Å². The van der Waals surface area contributed by atoms with Crippen LogP contribution in [0.4, 0.5) is 5.82 Å². The lowest BCUT2D eigenvalue weighted by Gasteiger charge is -2.03. The predicted octanol–water partition coefficient (Wildman–Crippen LogP) is 3.56. The first-order valence-electron chi connectivity index (χ1n) is 6.99. The lowest BCUT2D eigenvalue weighted by atomic mass is 10.2. The maximum absolute atomic E-state index is 10.3. The number of anilines is 1. The van der Waals surface area contributed by atoms with Crippen molar-refractivity contribution >= 4 is 44.7 Å². The van der Waals surface area contributed by atoms with Gasteiger partial charge in [-0.1, -0.05) is 23.9 Å². The molecule has 3 aromatic rings. The molecule has 0 atom stereocenters. The molecule has 0 unspecified atom stereocenters. The number of nitrogens with two attached hydrogens (primary N) is 1. The van der Waals surface area contributed by atoms with Crippen molar-refractivity contribution < 1.29 is 5.11 Å². The number of allylic oxidation sites excluding steroid dienone is 1. The Labute approximate surface area is 146 Å². The van der Waals surface area contributed by atoms with Gasteiger partial charge in [-0.15, -0.1) is 11.3 Å². The molecule has 6 nitrogen and oxygen atoms in total. The fourth-order valence-corrected chi connectivity index (χ4v) is 3.82. The molecule has 0 amide bonds. The third-order valence-electron chi connectivity index (χ3n) is 3.10. The highest BCUT2D eigenvalue weighted by molar-refractivity contribution is 7.99. The number of fused-ring (bicyclic) bond motifs is 1. The summed E-state index contributed by atoms with van der Waals surface area (Å²) in [6.07, 6.45) is 0. The van der Waals surface area contributed by atoms with Crippen molar-refractivity contribution in [2.24, 2.45) is 0 Å². The van der Waals surface area contributed by atoms with Gasteiger partial charge in [0, 0.05) is 11.8 Å². The third-order valence-corrected chi connectivity index (χ3v) is 5.01. The van der Waals surface area contributed by atoms with Gasteiger partial charge < -0.3 is 10.8 Å². The Hall–Kier alpha value is -2.63. The van der Waals surface area contributed by atoms with Gasteiger partial charge in [0.25, 0.3) is 0 Å². The van der Waals surface area contributed by atoms with Gasteiger partial charge in [0.05, 0.1) is 16.0 Å². The lowest BCUT2D eigenvalue weighted by molar-refractivity contribution is 0.420. The van der Waals surface area contributed by atoms with Crippen molar-refractivity contribution in [3.63, 3.8) is 0 Å². The first-order chi connectivity index (χ1) is 11.6. The van der Waals surface area contributed by atoms with E-state index in [9.17, 15) is 10.4 Å². The molecule has 0 fully saturated rings. The second-order valence-corrected chi connectivity index (χ2v) is 6.90. The molecule has 24 heavy (non-hydrogen) atoms. The molecule has 0 saturated heterocycles. The van der Waals surface area contributed by atoms with Gasteiger partial charge in [-0.3, -0.25) is 0 Å². The zero-order valence-corrected chi connectivity index (χ0v) is 14.4. The van der Waals surface area contributed by atoms with E-state index in [1.54, 1.807) is 6.07 Å². The second kappa shape index (κ2) is 6.86. The largest absolute Gasteiger partial charge is 0.510 e. The zero-order valence-electron chi connectivity index (χ0n) is 12.7. The van der Waals surface area contributed by atoms with Crippen LogP contribution in [0.1, 0.15) is 10.7 Å². The van der Waals surface area contributed by atoms with Gasteiger partial charge in [-0.25, -0.2) is 15.0 Å². The number of hydrogen-bond donors (Lipinski definition) is 2. The van der Waals surface area contributed by atoms with Crippen LogP contribution >= 0.6 is 23.1 Å². The van der Waals surface area contributed by atoms with Crippen LogP contribution in [0, 0.1) is 18.3 Å². The van der Waals surface area contributed by atoms with Crippen molar-refractivity contribution in [3.8, 4) is 6.07 Å². The quantitative estimate of drug-likeness (QED) is 0.319. The topological polar surface area (TPSA) is 109 Å². The van der Waals surface area contributed by atoms with E-state index in [0.717, 1.165) is 15.9 Å². The Morgan fingerprint density at radius 3 is 2.83 bits per heavy atom. The average molecular weight is 355 g/mol. The molecule has 3 N–H and O–H groups in total. The number of benzene rings is 1. The minimum absolute atomic E-state index is 0.0507. The maximum atomic E-state index is 10.3. The number of nitrogen functional groups attached to an aromatic ring is 1. The molecule has 120 valence electrons. The molecule has 0 spiro atoms. The lowest BCUT2D eigenvalue weighted by Crippen LogP contribution is -1.98. The molecule has 0 aliphatic rings. The molecular formula is C16H13N5OS2. The molecule has 0 aliphatic heterocycles. The summed E-state index contributed by atoms with van der Waals surface area (Å²) in [5.41, 5.74) is 7.41. The summed E-state index contributed by atoms with van der Waals surface area (Å²) in [4.78, 5) is 12.7. The van der Waals surface area contributed by atoms with Crippen LogP contribution in [0.25, 0.3) is 15.8 Å². The number of nitriles is 1. The summed E-state index contributed by atoms with van der Waals surface area (Å²) < 4.78 is 0.968. The average Bonchev–Trinajstić information content (AvgIpc) is 2.96. The maximum Gasteiger partial charge on any atom is 0.190 e. The fourth-order valence-electron chi connectivity index (χ4n) is 2.05. The normalized spacial score (nSPS) is 12.0. The van der Waals surface area contributed by atoms with Crippen LogP contribution < -0.4 is 5.73 Å². The number of aliphatic hydroxyl groups is 1. The first kappa shape index (κ1) is 16.2. The molecule has 0 bridgehead atoms. The molecule has 1 aromatic carbocycles. The van der Waals surface area contributed by atoms with Crippen LogP contribution in [-0.2, 0) is 0 Å². The van der Waals surface area contributed by atoms with Gasteiger partial charge in [0.15, 0.2) is 5.16 Å². The molecule has 0 aliphatic carbocycles. The summed E-state index contributed by atoms with van der Waals surface area (Å²) >= 11 is 2.59. The molecular weight excluding hydrogens is 342 g/mol. The Morgan fingerprint density at radius 2 is 2.12 bits per heavy atom. The van der Waals surface area contributed by atoms with E-state index in [-0.39, 0.29) is 17.1 Å². The molecule has 0 saturated carbocycles. The number of thioether (sulfide) groups is 1. The summed E-state index contributed by atoms with van der Waals surface area (Å²) in [6.45, 7) is 1.82. The van der Waals surface area contributed by atoms with E-state index >= 15 is 0 Å². The van der Waals surface area contributed by atoms with E-state index < -0.39 is 0 Å². The SMILES string of the molecule is Cc1cc(N)nc(SCC(O)=C(C#N)c2nc3ccccc3s2)n1. The highest BCUT2D eigenvalue weighted by Crippen LogP contribution is 2.29. The number of hydrogen-bond acceptors (Lipinski definition) is 8. The number of aromatic nitrogens is 3. The van der Waals surface area contributed by atoms with Crippen molar-refractivity contribution in [1.82, 2.24) is 15.0 Å². The van der Waals surface area contributed by atoms with Crippen molar-refractivity contribution in [2.45, 2.75) is 12.1 Å². The van der Waals surface area contributed by atoms with E-state index in [4.69, 9.17) is 5.73 Å². The number of nitrogens with zero attached hydrogens (tertiary/aromatic N) is 4. The Kier molecular flexibility index (Phi) is 4.64. The van der Waals surface area contributed by atoms with Gasteiger partial charge >= 0.3 is 0 Å². The third kappa shape index (κ3) is 3.48. The summed E-state index contributed by atoms with van der Waals surface area (Å²) in [5, 5.41) is 20.7. The molecule has 8 heteroatoms. The van der Waals surface area contributed by atoms with Crippen LogP contribution in [0.2, 0.25) is 0 Å². The minimum Gasteiger partial charge on any atom is -0.510 e.